The van der Waals surface area contributed by atoms with E-state index in [-0.39, 0.29) is 5.91 Å². The molecule has 2 aromatic rings. The van der Waals surface area contributed by atoms with Gasteiger partial charge in [-0.3, -0.25) is 14.4 Å². The zero-order valence-corrected chi connectivity index (χ0v) is 14.5. The van der Waals surface area contributed by atoms with Crippen molar-refractivity contribution in [1.82, 2.24) is 29.5 Å². The highest BCUT2D eigenvalue weighted by Crippen LogP contribution is 2.13. The summed E-state index contributed by atoms with van der Waals surface area (Å²) in [5.41, 5.74) is 0.601. The van der Waals surface area contributed by atoms with Crippen LogP contribution in [0.4, 0.5) is 0 Å². The number of aromatic nitrogens is 3. The lowest BCUT2D eigenvalue weighted by atomic mass is 10.3. The van der Waals surface area contributed by atoms with Gasteiger partial charge in [-0.15, -0.1) is 0 Å². The van der Waals surface area contributed by atoms with Crippen molar-refractivity contribution >= 4 is 5.91 Å². The van der Waals surface area contributed by atoms with Gasteiger partial charge in [0.15, 0.2) is 0 Å². The molecule has 0 unspecified atom stereocenters. The molecular formula is C17H26N6O. The minimum absolute atomic E-state index is 0.0704. The number of hydrogen-bond acceptors (Lipinski definition) is 4. The van der Waals surface area contributed by atoms with Gasteiger partial charge in [0.25, 0.3) is 5.91 Å². The molecule has 24 heavy (non-hydrogen) atoms. The number of nitrogens with zero attached hydrogens (tertiary/aromatic N) is 5. The topological polar surface area (TPSA) is 58.3 Å². The first-order valence-corrected chi connectivity index (χ1v) is 8.57. The molecule has 0 aromatic carbocycles. The third-order valence-electron chi connectivity index (χ3n) is 4.63. The van der Waals surface area contributed by atoms with E-state index in [0.29, 0.717) is 12.1 Å². The van der Waals surface area contributed by atoms with Crippen molar-refractivity contribution < 1.29 is 4.79 Å². The SMILES string of the molecule is CCN1CCN(CCNC(=O)c2cnn(C)c2-n2cccc2)CC1. The summed E-state index contributed by atoms with van der Waals surface area (Å²) in [5.74, 6) is 0.716. The molecule has 0 spiro atoms. The van der Waals surface area contributed by atoms with Crippen LogP contribution in [0.3, 0.4) is 0 Å². The van der Waals surface area contributed by atoms with Gasteiger partial charge in [0.2, 0.25) is 0 Å². The Labute approximate surface area is 142 Å². The Hall–Kier alpha value is -2.12. The number of amides is 1. The summed E-state index contributed by atoms with van der Waals surface area (Å²) < 4.78 is 3.63. The summed E-state index contributed by atoms with van der Waals surface area (Å²) in [6, 6.07) is 3.87. The monoisotopic (exact) mass is 330 g/mol. The van der Waals surface area contributed by atoms with Gasteiger partial charge in [0, 0.05) is 58.7 Å². The molecule has 1 aliphatic heterocycles. The predicted molar refractivity (Wildman–Crippen MR) is 93.4 cm³/mol. The molecule has 1 aliphatic rings. The maximum absolute atomic E-state index is 12.5. The fourth-order valence-electron chi connectivity index (χ4n) is 3.13. The molecule has 1 fully saturated rings. The molecule has 0 radical (unpaired) electrons. The number of nitrogens with one attached hydrogen (secondary N) is 1. The van der Waals surface area contributed by atoms with E-state index < -0.39 is 0 Å². The van der Waals surface area contributed by atoms with Crippen molar-refractivity contribution in [2.45, 2.75) is 6.92 Å². The van der Waals surface area contributed by atoms with E-state index in [1.807, 2.05) is 36.1 Å². The Morgan fingerprint density at radius 2 is 1.83 bits per heavy atom. The van der Waals surface area contributed by atoms with Gasteiger partial charge in [-0.05, 0) is 18.7 Å². The second-order valence-electron chi connectivity index (χ2n) is 6.13. The average Bonchev–Trinajstić information content (AvgIpc) is 3.24. The molecule has 7 nitrogen and oxygen atoms in total. The molecule has 0 aliphatic carbocycles. The van der Waals surface area contributed by atoms with Crippen LogP contribution in [0.2, 0.25) is 0 Å². The van der Waals surface area contributed by atoms with Crippen LogP contribution >= 0.6 is 0 Å². The maximum atomic E-state index is 12.5. The summed E-state index contributed by atoms with van der Waals surface area (Å²) in [7, 11) is 1.85. The zero-order chi connectivity index (χ0) is 16.9. The van der Waals surface area contributed by atoms with Crippen LogP contribution in [0.5, 0.6) is 0 Å². The van der Waals surface area contributed by atoms with Gasteiger partial charge in [-0.25, -0.2) is 0 Å². The van der Waals surface area contributed by atoms with E-state index in [1.54, 1.807) is 10.9 Å². The fourth-order valence-corrected chi connectivity index (χ4v) is 3.13. The number of rotatable bonds is 6. The smallest absolute Gasteiger partial charge is 0.256 e. The van der Waals surface area contributed by atoms with E-state index in [1.165, 1.54) is 0 Å². The minimum atomic E-state index is -0.0704. The number of carbonyl (C=O) groups excluding carboxylic acids is 1. The number of hydrogen-bond donors (Lipinski definition) is 1. The first-order chi connectivity index (χ1) is 11.7. The van der Waals surface area contributed by atoms with Crippen molar-refractivity contribution in [2.75, 3.05) is 45.8 Å². The van der Waals surface area contributed by atoms with Crippen molar-refractivity contribution in [2.24, 2.45) is 7.05 Å². The highest BCUT2D eigenvalue weighted by atomic mass is 16.1. The lowest BCUT2D eigenvalue weighted by molar-refractivity contribution is 0.0938. The molecule has 0 saturated carbocycles. The fraction of sp³-hybridized carbons (Fsp3) is 0.529. The largest absolute Gasteiger partial charge is 0.351 e. The van der Waals surface area contributed by atoms with Crippen molar-refractivity contribution in [1.29, 1.82) is 0 Å². The molecule has 0 bridgehead atoms. The van der Waals surface area contributed by atoms with E-state index in [4.69, 9.17) is 0 Å². The van der Waals surface area contributed by atoms with E-state index in [9.17, 15) is 4.79 Å². The molecule has 1 N–H and O–H groups in total. The molecular weight excluding hydrogens is 304 g/mol. The summed E-state index contributed by atoms with van der Waals surface area (Å²) in [5, 5.41) is 7.25. The number of carbonyl (C=O) groups is 1. The predicted octanol–water partition coefficient (Wildman–Crippen LogP) is 0.578. The first-order valence-electron chi connectivity index (χ1n) is 8.57. The number of piperazine rings is 1. The Balaban J connectivity index is 1.53. The van der Waals surface area contributed by atoms with Gasteiger partial charge in [-0.2, -0.15) is 5.10 Å². The Morgan fingerprint density at radius 3 is 2.50 bits per heavy atom. The third-order valence-corrected chi connectivity index (χ3v) is 4.63. The maximum Gasteiger partial charge on any atom is 0.256 e. The van der Waals surface area contributed by atoms with Crippen LogP contribution < -0.4 is 5.32 Å². The van der Waals surface area contributed by atoms with Crippen LogP contribution in [0.15, 0.2) is 30.7 Å². The van der Waals surface area contributed by atoms with Gasteiger partial charge < -0.3 is 14.8 Å². The summed E-state index contributed by atoms with van der Waals surface area (Å²) in [4.78, 5) is 17.4. The van der Waals surface area contributed by atoms with Crippen molar-refractivity contribution in [3.8, 4) is 5.82 Å². The summed E-state index contributed by atoms with van der Waals surface area (Å²) >= 11 is 0. The molecule has 2 aromatic heterocycles. The summed E-state index contributed by atoms with van der Waals surface area (Å²) in [6.45, 7) is 9.25. The standard InChI is InChI=1S/C17H26N6O/c1-3-21-10-12-22(13-11-21)9-6-18-16(24)15-14-19-20(2)17(15)23-7-4-5-8-23/h4-5,7-8,14H,3,6,9-13H2,1-2H3,(H,18,24). The highest BCUT2D eigenvalue weighted by molar-refractivity contribution is 5.97. The lowest BCUT2D eigenvalue weighted by Crippen LogP contribution is -2.48. The van der Waals surface area contributed by atoms with Gasteiger partial charge >= 0.3 is 0 Å². The van der Waals surface area contributed by atoms with Crippen LogP contribution in [-0.4, -0.2) is 75.9 Å². The average molecular weight is 330 g/mol. The molecule has 1 saturated heterocycles. The first kappa shape index (κ1) is 16.7. The molecule has 0 atom stereocenters. The Kier molecular flexibility index (Phi) is 5.32. The lowest BCUT2D eigenvalue weighted by Gasteiger charge is -2.33. The van der Waals surface area contributed by atoms with E-state index >= 15 is 0 Å². The van der Waals surface area contributed by atoms with Crippen molar-refractivity contribution in [3.05, 3.63) is 36.3 Å². The highest BCUT2D eigenvalue weighted by Gasteiger charge is 2.18. The minimum Gasteiger partial charge on any atom is -0.351 e. The van der Waals surface area contributed by atoms with Crippen LogP contribution in [0, 0.1) is 0 Å². The van der Waals surface area contributed by atoms with E-state index in [2.05, 4.69) is 27.1 Å². The molecule has 1 amide bonds. The van der Waals surface area contributed by atoms with Gasteiger partial charge in [-0.1, -0.05) is 6.92 Å². The van der Waals surface area contributed by atoms with Crippen LogP contribution in [-0.2, 0) is 7.05 Å². The molecule has 3 rings (SSSR count). The molecule has 130 valence electrons. The Morgan fingerprint density at radius 1 is 1.17 bits per heavy atom. The van der Waals surface area contributed by atoms with Crippen LogP contribution in [0.25, 0.3) is 5.82 Å². The zero-order valence-electron chi connectivity index (χ0n) is 14.5. The Bertz CT molecular complexity index is 655. The van der Waals surface area contributed by atoms with Crippen molar-refractivity contribution in [3.63, 3.8) is 0 Å². The number of aryl methyl sites for hydroxylation is 1. The second-order valence-corrected chi connectivity index (χ2v) is 6.13. The third kappa shape index (κ3) is 3.68. The normalized spacial score (nSPS) is 16.4. The molecule has 7 heteroatoms. The number of likely N-dealkylation sites (N-methyl/N-ethyl adjacent to an activating group) is 1. The van der Waals surface area contributed by atoms with E-state index in [0.717, 1.165) is 45.1 Å². The van der Waals surface area contributed by atoms with Gasteiger partial charge in [0.1, 0.15) is 11.4 Å². The summed E-state index contributed by atoms with van der Waals surface area (Å²) in [6.07, 6.45) is 5.46. The second kappa shape index (κ2) is 7.63. The quantitative estimate of drug-likeness (QED) is 0.842. The van der Waals surface area contributed by atoms with Gasteiger partial charge in [0.05, 0.1) is 6.20 Å². The van der Waals surface area contributed by atoms with Crippen LogP contribution in [0.1, 0.15) is 17.3 Å². The molecule has 3 heterocycles.